The predicted octanol–water partition coefficient (Wildman–Crippen LogP) is 4.80. The van der Waals surface area contributed by atoms with Crippen molar-refractivity contribution in [3.63, 3.8) is 0 Å². The summed E-state index contributed by atoms with van der Waals surface area (Å²) < 4.78 is 11.9. The third-order valence-electron chi connectivity index (χ3n) is 7.82. The number of allylic oxidation sites excluding steroid dienone is 2. The summed E-state index contributed by atoms with van der Waals surface area (Å²) in [6, 6.07) is 2.04. The third kappa shape index (κ3) is 5.28. The molecule has 1 fully saturated rings. The van der Waals surface area contributed by atoms with E-state index in [1.54, 1.807) is 0 Å². The van der Waals surface area contributed by atoms with Crippen molar-refractivity contribution < 1.29 is 19.4 Å². The Balaban J connectivity index is 1.65. The number of amides is 1. The first-order valence-corrected chi connectivity index (χ1v) is 13.1. The van der Waals surface area contributed by atoms with E-state index >= 15 is 0 Å². The summed E-state index contributed by atoms with van der Waals surface area (Å²) in [4.78, 5) is 15.7. The number of nitrogens with zero attached hydrogens (tertiary/aromatic N) is 1. The van der Waals surface area contributed by atoms with E-state index in [1.807, 2.05) is 6.07 Å². The van der Waals surface area contributed by atoms with Gasteiger partial charge in [-0.3, -0.25) is 9.69 Å². The van der Waals surface area contributed by atoms with E-state index in [2.05, 4.69) is 44.0 Å². The van der Waals surface area contributed by atoms with Gasteiger partial charge in [-0.25, -0.2) is 0 Å². The zero-order valence-electron chi connectivity index (χ0n) is 21.4. The second kappa shape index (κ2) is 10.7. The molecule has 2 heterocycles. The Kier molecular flexibility index (Phi) is 7.88. The number of morpholine rings is 1. The van der Waals surface area contributed by atoms with Crippen LogP contribution >= 0.6 is 0 Å². The maximum atomic E-state index is 13.4. The second-order valence-corrected chi connectivity index (χ2v) is 10.7. The fourth-order valence-corrected chi connectivity index (χ4v) is 5.87. The molecule has 1 saturated heterocycles. The number of carbonyl (C=O) groups is 1. The summed E-state index contributed by atoms with van der Waals surface area (Å²) >= 11 is 0. The van der Waals surface area contributed by atoms with E-state index in [1.165, 1.54) is 5.57 Å². The second-order valence-electron chi connectivity index (χ2n) is 10.7. The zero-order chi connectivity index (χ0) is 24.3. The molecule has 0 aromatic heterocycles. The lowest BCUT2D eigenvalue weighted by Crippen LogP contribution is -2.45. The Bertz CT molecular complexity index is 917. The summed E-state index contributed by atoms with van der Waals surface area (Å²) in [6.45, 7) is 13.3. The maximum absolute atomic E-state index is 13.4. The molecule has 3 aliphatic rings. The number of aromatic hydroxyl groups is 1. The van der Waals surface area contributed by atoms with E-state index in [-0.39, 0.29) is 29.1 Å². The summed E-state index contributed by atoms with van der Waals surface area (Å²) in [7, 11) is 0. The number of hydrogen-bond acceptors (Lipinski definition) is 5. The quantitative estimate of drug-likeness (QED) is 0.422. The number of hydrogen-bond donors (Lipinski definition) is 2. The highest BCUT2D eigenvalue weighted by Crippen LogP contribution is 2.54. The van der Waals surface area contributed by atoms with Gasteiger partial charge in [0.05, 0.1) is 18.8 Å². The van der Waals surface area contributed by atoms with E-state index in [4.69, 9.17) is 9.47 Å². The van der Waals surface area contributed by atoms with Crippen molar-refractivity contribution in [1.82, 2.24) is 10.2 Å². The number of ether oxygens (including phenoxy) is 2. The molecular weight excluding hydrogens is 428 g/mol. The van der Waals surface area contributed by atoms with Crippen LogP contribution in [0.15, 0.2) is 17.7 Å². The molecule has 1 aromatic rings. The number of aryl methyl sites for hydroxylation is 1. The first kappa shape index (κ1) is 25.1. The SMILES string of the molecule is CCCCCc1cc2c(c(O)c1C(=O)NCCN1CCOCC1)[C@@H]1C=C(C)CC[C@H]1C(C)(C)O2. The van der Waals surface area contributed by atoms with Crippen molar-refractivity contribution in [2.75, 3.05) is 39.4 Å². The molecule has 6 heteroatoms. The van der Waals surface area contributed by atoms with Gasteiger partial charge in [0, 0.05) is 43.6 Å². The van der Waals surface area contributed by atoms with Crippen molar-refractivity contribution >= 4 is 5.91 Å². The number of phenolic OH excluding ortho intramolecular Hbond substituents is 1. The molecule has 0 bridgehead atoms. The van der Waals surface area contributed by atoms with Gasteiger partial charge in [0.15, 0.2) is 0 Å². The minimum Gasteiger partial charge on any atom is -0.507 e. The Labute approximate surface area is 204 Å². The smallest absolute Gasteiger partial charge is 0.255 e. The molecule has 1 aromatic carbocycles. The third-order valence-corrected chi connectivity index (χ3v) is 7.82. The van der Waals surface area contributed by atoms with Crippen molar-refractivity contribution in [3.05, 3.63) is 34.4 Å². The Hall–Kier alpha value is -2.05. The number of phenols is 1. The van der Waals surface area contributed by atoms with Crippen molar-refractivity contribution in [2.45, 2.75) is 77.7 Å². The highest BCUT2D eigenvalue weighted by molar-refractivity contribution is 5.99. The molecule has 0 radical (unpaired) electrons. The first-order valence-electron chi connectivity index (χ1n) is 13.1. The molecule has 1 aliphatic carbocycles. The van der Waals surface area contributed by atoms with Crippen molar-refractivity contribution in [1.29, 1.82) is 0 Å². The molecule has 4 rings (SSSR count). The summed E-state index contributed by atoms with van der Waals surface area (Å²) in [5.41, 5.74) is 3.15. The summed E-state index contributed by atoms with van der Waals surface area (Å²) in [5.74, 6) is 1.02. The lowest BCUT2D eigenvalue weighted by atomic mass is 9.67. The number of carbonyl (C=O) groups excluding carboxylic acids is 1. The monoisotopic (exact) mass is 470 g/mol. The minimum absolute atomic E-state index is 0.0668. The minimum atomic E-state index is -0.316. The predicted molar refractivity (Wildman–Crippen MR) is 135 cm³/mol. The van der Waals surface area contributed by atoms with Crippen LogP contribution in [-0.2, 0) is 11.2 Å². The standard InChI is InChI=1S/C28H42N2O4/c1-5-6-7-8-20-18-23-25(21-17-19(2)9-10-22(21)28(3,4)34-23)26(31)24(20)27(32)29-11-12-30-13-15-33-16-14-30/h17-18,21-22,31H,5-16H2,1-4H3,(H,29,32)/t21-,22-/m1/s1. The van der Waals surface area contributed by atoms with Crippen molar-refractivity contribution in [2.24, 2.45) is 5.92 Å². The number of benzene rings is 1. The first-order chi connectivity index (χ1) is 16.3. The Morgan fingerprint density at radius 2 is 2.03 bits per heavy atom. The van der Waals surface area contributed by atoms with E-state index in [0.717, 1.165) is 88.2 Å². The van der Waals surface area contributed by atoms with Gasteiger partial charge in [-0.2, -0.15) is 0 Å². The molecule has 1 amide bonds. The highest BCUT2D eigenvalue weighted by Gasteiger charge is 2.46. The van der Waals surface area contributed by atoms with Crippen LogP contribution in [0.2, 0.25) is 0 Å². The Morgan fingerprint density at radius 3 is 2.76 bits per heavy atom. The number of unbranched alkanes of at least 4 members (excludes halogenated alkanes) is 2. The fourth-order valence-electron chi connectivity index (χ4n) is 5.87. The van der Waals surface area contributed by atoms with Gasteiger partial charge >= 0.3 is 0 Å². The molecule has 2 N–H and O–H groups in total. The van der Waals surface area contributed by atoms with Gasteiger partial charge in [0.2, 0.25) is 0 Å². The average molecular weight is 471 g/mol. The Morgan fingerprint density at radius 1 is 1.26 bits per heavy atom. The molecule has 188 valence electrons. The maximum Gasteiger partial charge on any atom is 0.255 e. The van der Waals surface area contributed by atoms with Gasteiger partial charge in [-0.15, -0.1) is 0 Å². The molecule has 2 aliphatic heterocycles. The lowest BCUT2D eigenvalue weighted by molar-refractivity contribution is 0.0107. The summed E-state index contributed by atoms with van der Waals surface area (Å²) in [6.07, 6.45) is 8.30. The van der Waals surface area contributed by atoms with Crippen LogP contribution in [0.5, 0.6) is 11.5 Å². The fraction of sp³-hybridized carbons (Fsp3) is 0.679. The van der Waals surface area contributed by atoms with Crippen LogP contribution < -0.4 is 10.1 Å². The molecule has 0 unspecified atom stereocenters. The zero-order valence-corrected chi connectivity index (χ0v) is 21.4. The number of nitrogens with one attached hydrogen (secondary N) is 1. The van der Waals surface area contributed by atoms with Crippen LogP contribution in [0, 0.1) is 5.92 Å². The average Bonchev–Trinajstić information content (AvgIpc) is 2.79. The highest BCUT2D eigenvalue weighted by atomic mass is 16.5. The largest absolute Gasteiger partial charge is 0.507 e. The van der Waals surface area contributed by atoms with Crippen molar-refractivity contribution in [3.8, 4) is 11.5 Å². The van der Waals surface area contributed by atoms with Crippen LogP contribution in [0.4, 0.5) is 0 Å². The van der Waals surface area contributed by atoms with Crippen LogP contribution in [-0.4, -0.2) is 60.9 Å². The molecule has 0 saturated carbocycles. The van der Waals surface area contributed by atoms with Gasteiger partial charge in [0.1, 0.15) is 17.1 Å². The van der Waals surface area contributed by atoms with E-state index in [9.17, 15) is 9.90 Å². The van der Waals surface area contributed by atoms with E-state index < -0.39 is 0 Å². The van der Waals surface area contributed by atoms with Crippen LogP contribution in [0.25, 0.3) is 0 Å². The summed E-state index contributed by atoms with van der Waals surface area (Å²) in [5, 5.41) is 14.7. The van der Waals surface area contributed by atoms with Gasteiger partial charge in [0.25, 0.3) is 5.91 Å². The normalized spacial score (nSPS) is 23.9. The molecular formula is C28H42N2O4. The topological polar surface area (TPSA) is 71.0 Å². The van der Waals surface area contributed by atoms with E-state index in [0.29, 0.717) is 12.1 Å². The number of fused-ring (bicyclic) bond motifs is 3. The molecule has 0 spiro atoms. The molecule has 2 atom stereocenters. The van der Waals surface area contributed by atoms with Crippen LogP contribution in [0.3, 0.4) is 0 Å². The molecule has 6 nitrogen and oxygen atoms in total. The van der Waals surface area contributed by atoms with Gasteiger partial charge < -0.3 is 19.9 Å². The van der Waals surface area contributed by atoms with Crippen LogP contribution in [0.1, 0.15) is 87.2 Å². The lowest BCUT2D eigenvalue weighted by Gasteiger charge is -2.46. The van der Waals surface area contributed by atoms with Gasteiger partial charge in [-0.05, 0) is 58.1 Å². The number of rotatable bonds is 8. The molecule has 34 heavy (non-hydrogen) atoms. The van der Waals surface area contributed by atoms with Gasteiger partial charge in [-0.1, -0.05) is 31.4 Å².